The van der Waals surface area contributed by atoms with E-state index in [9.17, 15) is 19.8 Å². The van der Waals surface area contributed by atoms with Crippen molar-refractivity contribution in [1.29, 1.82) is 0 Å². The average molecular weight is 1160 g/mol. The summed E-state index contributed by atoms with van der Waals surface area (Å²) in [6.07, 6.45) is 91.1. The molecule has 0 aliphatic rings. The van der Waals surface area contributed by atoms with Crippen molar-refractivity contribution in [2.45, 2.75) is 437 Å². The number of nitrogens with one attached hydrogen (secondary N) is 1. The first-order valence-electron chi connectivity index (χ1n) is 37.6. The van der Waals surface area contributed by atoms with Gasteiger partial charge in [0, 0.05) is 12.8 Å². The highest BCUT2D eigenvalue weighted by molar-refractivity contribution is 5.76. The third kappa shape index (κ3) is 67.5. The predicted octanol–water partition coefficient (Wildman–Crippen LogP) is 24.5. The molecule has 0 aromatic rings. The van der Waals surface area contributed by atoms with Crippen LogP contribution >= 0.6 is 0 Å². The third-order valence-corrected chi connectivity index (χ3v) is 17.8. The van der Waals surface area contributed by atoms with Crippen LogP contribution in [-0.2, 0) is 14.3 Å². The van der Waals surface area contributed by atoms with E-state index in [1.165, 1.54) is 347 Å². The number of rotatable bonds is 71. The maximum atomic E-state index is 12.5. The normalized spacial score (nSPS) is 12.6. The molecule has 0 radical (unpaired) electrons. The van der Waals surface area contributed by atoms with Gasteiger partial charge in [-0.05, 0) is 57.8 Å². The van der Waals surface area contributed by atoms with E-state index in [-0.39, 0.29) is 18.5 Å². The van der Waals surface area contributed by atoms with Gasteiger partial charge in [-0.1, -0.05) is 378 Å². The Balaban J connectivity index is 3.37. The second-order valence-corrected chi connectivity index (χ2v) is 26.0. The van der Waals surface area contributed by atoms with Crippen LogP contribution in [-0.4, -0.2) is 47.4 Å². The van der Waals surface area contributed by atoms with E-state index < -0.39 is 12.1 Å². The number of carbonyl (C=O) groups excluding carboxylic acids is 2. The number of esters is 1. The number of allylic oxidation sites excluding steroid dienone is 4. The maximum absolute atomic E-state index is 12.5. The monoisotopic (exact) mass is 1150 g/mol. The number of amides is 1. The summed E-state index contributed by atoms with van der Waals surface area (Å²) in [4.78, 5) is 24.6. The second kappa shape index (κ2) is 71.8. The summed E-state index contributed by atoms with van der Waals surface area (Å²) in [5.74, 6) is -0.0112. The Kier molecular flexibility index (Phi) is 70.4. The Hall–Kier alpha value is -1.66. The Labute approximate surface area is 513 Å². The van der Waals surface area contributed by atoms with E-state index in [0.29, 0.717) is 25.9 Å². The number of aliphatic hydroxyl groups excluding tert-OH is 2. The topological polar surface area (TPSA) is 95.9 Å². The number of carbonyl (C=O) groups is 2. The highest BCUT2D eigenvalue weighted by Crippen LogP contribution is 2.19. The van der Waals surface area contributed by atoms with E-state index in [4.69, 9.17) is 4.74 Å². The van der Waals surface area contributed by atoms with Crippen molar-refractivity contribution in [2.24, 2.45) is 0 Å². The number of aliphatic hydroxyl groups is 2. The molecule has 2 atom stereocenters. The fourth-order valence-corrected chi connectivity index (χ4v) is 12.0. The van der Waals surface area contributed by atoms with Crippen molar-refractivity contribution >= 4 is 11.9 Å². The lowest BCUT2D eigenvalue weighted by molar-refractivity contribution is -0.143. The molecule has 0 heterocycles. The number of hydrogen-bond donors (Lipinski definition) is 3. The zero-order chi connectivity index (χ0) is 59.2. The summed E-state index contributed by atoms with van der Waals surface area (Å²) in [7, 11) is 0. The first-order chi connectivity index (χ1) is 40.5. The molecule has 0 aliphatic carbocycles. The first kappa shape index (κ1) is 80.3. The van der Waals surface area contributed by atoms with Crippen molar-refractivity contribution < 1.29 is 24.5 Å². The molecule has 1 amide bonds. The van der Waals surface area contributed by atoms with Crippen molar-refractivity contribution in [3.63, 3.8) is 0 Å². The van der Waals surface area contributed by atoms with Crippen LogP contribution in [0.25, 0.3) is 0 Å². The Morgan fingerprint density at radius 2 is 0.610 bits per heavy atom. The summed E-state index contributed by atoms with van der Waals surface area (Å²) >= 11 is 0. The molecule has 0 saturated heterocycles. The molecule has 2 unspecified atom stereocenters. The van der Waals surface area contributed by atoms with Gasteiger partial charge in [-0.15, -0.1) is 0 Å². The first-order valence-corrected chi connectivity index (χ1v) is 37.6. The molecule has 0 spiro atoms. The summed E-state index contributed by atoms with van der Waals surface area (Å²) < 4.78 is 5.50. The standard InChI is InChI=1S/C76H147NO5/c1-3-5-7-9-11-13-15-17-19-37-41-44-48-52-56-60-64-68-74(79)73(72-78)77-75(80)69-65-61-57-53-49-45-42-38-35-33-31-29-27-25-23-21-20-22-24-26-28-30-32-34-36-39-43-47-51-55-59-63-67-71-82-76(81)70-66-62-58-54-50-46-40-18-16-14-12-10-8-6-4-2/h24,26,30,32,73-74,78-79H,3-23,25,27-29,31,33-72H2,1-2H3,(H,77,80)/b26-24-,32-30-. The number of unbranched alkanes of at least 4 members (excludes halogenated alkanes) is 56. The molecule has 0 aliphatic heterocycles. The van der Waals surface area contributed by atoms with E-state index in [0.717, 1.165) is 44.9 Å². The van der Waals surface area contributed by atoms with Gasteiger partial charge >= 0.3 is 5.97 Å². The zero-order valence-corrected chi connectivity index (χ0v) is 55.8. The lowest BCUT2D eigenvalue weighted by atomic mass is 10.0. The molecule has 6 heteroatoms. The Morgan fingerprint density at radius 3 is 0.927 bits per heavy atom. The SMILES string of the molecule is CCCCCCCCCCCCCCCCCCCC(O)C(CO)NC(=O)CCCCCCCCCCCCCCCCCCC/C=C\C/C=C\CCCCCCCCCCCOC(=O)CCCCCCCCCCCCCCCCC. The van der Waals surface area contributed by atoms with Gasteiger partial charge in [-0.2, -0.15) is 0 Å². The molecule has 0 aromatic heterocycles. The molecular weight excluding hydrogens is 1010 g/mol. The fourth-order valence-electron chi connectivity index (χ4n) is 12.0. The van der Waals surface area contributed by atoms with Crippen molar-refractivity contribution in [2.75, 3.05) is 13.2 Å². The molecule has 82 heavy (non-hydrogen) atoms. The van der Waals surface area contributed by atoms with Gasteiger partial charge in [-0.25, -0.2) is 0 Å². The largest absolute Gasteiger partial charge is 0.466 e. The van der Waals surface area contributed by atoms with E-state index in [2.05, 4.69) is 43.5 Å². The zero-order valence-electron chi connectivity index (χ0n) is 55.8. The summed E-state index contributed by atoms with van der Waals surface area (Å²) in [6.45, 7) is 5.00. The summed E-state index contributed by atoms with van der Waals surface area (Å²) in [5.41, 5.74) is 0. The van der Waals surface area contributed by atoms with Crippen LogP contribution < -0.4 is 5.32 Å². The summed E-state index contributed by atoms with van der Waals surface area (Å²) in [5, 5.41) is 23.4. The van der Waals surface area contributed by atoms with Crippen LogP contribution in [0.4, 0.5) is 0 Å². The van der Waals surface area contributed by atoms with Gasteiger partial charge in [0.25, 0.3) is 0 Å². The highest BCUT2D eigenvalue weighted by Gasteiger charge is 2.20. The van der Waals surface area contributed by atoms with E-state index in [1.54, 1.807) is 0 Å². The van der Waals surface area contributed by atoms with E-state index >= 15 is 0 Å². The Bertz CT molecular complexity index is 1280. The molecule has 3 N–H and O–H groups in total. The van der Waals surface area contributed by atoms with Crippen LogP contribution in [0.1, 0.15) is 425 Å². The lowest BCUT2D eigenvalue weighted by Gasteiger charge is -2.22. The average Bonchev–Trinajstić information content (AvgIpc) is 3.48. The molecule has 6 nitrogen and oxygen atoms in total. The minimum atomic E-state index is -0.663. The Morgan fingerprint density at radius 1 is 0.341 bits per heavy atom. The minimum absolute atomic E-state index is 0.0179. The van der Waals surface area contributed by atoms with Gasteiger partial charge < -0.3 is 20.3 Å². The van der Waals surface area contributed by atoms with Gasteiger partial charge in [0.1, 0.15) is 0 Å². The molecule has 0 rings (SSSR count). The molecular formula is C76H147NO5. The number of hydrogen-bond acceptors (Lipinski definition) is 5. The molecule has 486 valence electrons. The van der Waals surface area contributed by atoms with Gasteiger partial charge in [-0.3, -0.25) is 9.59 Å². The fraction of sp³-hybridized carbons (Fsp3) is 0.921. The quantitative estimate of drug-likeness (QED) is 0.0320. The highest BCUT2D eigenvalue weighted by atomic mass is 16.5. The van der Waals surface area contributed by atoms with Crippen LogP contribution in [0.3, 0.4) is 0 Å². The van der Waals surface area contributed by atoms with Crippen molar-refractivity contribution in [1.82, 2.24) is 5.32 Å². The van der Waals surface area contributed by atoms with Gasteiger partial charge in [0.15, 0.2) is 0 Å². The molecule has 0 bridgehead atoms. The minimum Gasteiger partial charge on any atom is -0.466 e. The van der Waals surface area contributed by atoms with Crippen molar-refractivity contribution in [3.8, 4) is 0 Å². The van der Waals surface area contributed by atoms with Crippen molar-refractivity contribution in [3.05, 3.63) is 24.3 Å². The predicted molar refractivity (Wildman–Crippen MR) is 361 cm³/mol. The molecule has 0 saturated carbocycles. The third-order valence-electron chi connectivity index (χ3n) is 17.8. The van der Waals surface area contributed by atoms with Gasteiger partial charge in [0.2, 0.25) is 5.91 Å². The summed E-state index contributed by atoms with van der Waals surface area (Å²) in [6, 6.07) is -0.540. The van der Waals surface area contributed by atoms with Crippen LogP contribution in [0.5, 0.6) is 0 Å². The van der Waals surface area contributed by atoms with E-state index in [1.807, 2.05) is 0 Å². The molecule has 0 aromatic carbocycles. The van der Waals surface area contributed by atoms with Gasteiger partial charge in [0.05, 0.1) is 25.4 Å². The van der Waals surface area contributed by atoms with Crippen LogP contribution in [0, 0.1) is 0 Å². The second-order valence-electron chi connectivity index (χ2n) is 26.0. The van der Waals surface area contributed by atoms with Crippen LogP contribution in [0.2, 0.25) is 0 Å². The number of ether oxygens (including phenoxy) is 1. The smallest absolute Gasteiger partial charge is 0.305 e. The van der Waals surface area contributed by atoms with Crippen LogP contribution in [0.15, 0.2) is 24.3 Å². The maximum Gasteiger partial charge on any atom is 0.305 e. The lowest BCUT2D eigenvalue weighted by Crippen LogP contribution is -2.45. The molecule has 0 fully saturated rings.